The van der Waals surface area contributed by atoms with E-state index in [1.54, 1.807) is 23.6 Å². The number of aromatic amines is 1. The quantitative estimate of drug-likeness (QED) is 0.293. The summed E-state index contributed by atoms with van der Waals surface area (Å²) in [7, 11) is 0. The van der Waals surface area contributed by atoms with Crippen molar-refractivity contribution in [1.82, 2.24) is 24.9 Å². The molecule has 6 rings (SSSR count). The van der Waals surface area contributed by atoms with E-state index in [1.807, 2.05) is 58.2 Å². The van der Waals surface area contributed by atoms with Crippen LogP contribution in [0.25, 0.3) is 11.1 Å². The second kappa shape index (κ2) is 14.4. The summed E-state index contributed by atoms with van der Waals surface area (Å²) in [6.45, 7) is 14.9. The van der Waals surface area contributed by atoms with Gasteiger partial charge in [0.15, 0.2) is 5.60 Å². The number of carbonyl (C=O) groups is 3. The Morgan fingerprint density at radius 3 is 2.26 bits per heavy atom. The maximum Gasteiger partial charge on any atom is 0.410 e. The number of piperidine rings is 1. The molecule has 3 aromatic rings. The van der Waals surface area contributed by atoms with Gasteiger partial charge in [-0.05, 0) is 90.5 Å². The summed E-state index contributed by atoms with van der Waals surface area (Å²) in [4.78, 5) is 47.9. The van der Waals surface area contributed by atoms with Crippen LogP contribution >= 0.6 is 0 Å². The maximum atomic E-state index is 14.0. The van der Waals surface area contributed by atoms with E-state index < -0.39 is 11.2 Å². The van der Waals surface area contributed by atoms with Crippen LogP contribution in [0.3, 0.4) is 0 Å². The van der Waals surface area contributed by atoms with Crippen molar-refractivity contribution in [3.05, 3.63) is 66.0 Å². The molecule has 0 spiro atoms. The first-order chi connectivity index (χ1) is 23.8. The number of rotatable bonds is 9. The van der Waals surface area contributed by atoms with Crippen molar-refractivity contribution in [2.45, 2.75) is 91.0 Å². The summed E-state index contributed by atoms with van der Waals surface area (Å²) < 4.78 is 11.8. The third kappa shape index (κ3) is 8.42. The number of ether oxygens (including phenoxy) is 2. The lowest BCUT2D eigenvalue weighted by molar-refractivity contribution is -0.147. The molecule has 3 aliphatic rings. The molecule has 3 amide bonds. The smallest absolute Gasteiger partial charge is 0.410 e. The van der Waals surface area contributed by atoms with Crippen molar-refractivity contribution in [1.29, 1.82) is 0 Å². The topological polar surface area (TPSA) is 111 Å². The molecule has 1 aromatic heterocycles. The van der Waals surface area contributed by atoms with Gasteiger partial charge in [0.05, 0.1) is 12.1 Å². The van der Waals surface area contributed by atoms with Crippen LogP contribution in [0.1, 0.15) is 71.6 Å². The van der Waals surface area contributed by atoms with E-state index in [-0.39, 0.29) is 23.8 Å². The largest absolute Gasteiger partial charge is 0.478 e. The Balaban J connectivity index is 1.05. The van der Waals surface area contributed by atoms with Crippen LogP contribution in [0, 0.1) is 12.8 Å². The predicted octanol–water partition coefficient (Wildman–Crippen LogP) is 6.03. The summed E-state index contributed by atoms with van der Waals surface area (Å²) in [6, 6.07) is 16.6. The van der Waals surface area contributed by atoms with E-state index in [0.717, 1.165) is 60.3 Å². The standard InChI is InChI=1S/C39H52N6O5/c1-27-34(24-40-41-27)29-14-12-28(13-15-29)25-45(31-16-17-31)35(46)30-9-8-18-44(26-30)32-10-7-11-33(23-32)49-39(5,6)36(47)42-19-21-43(22-20-42)37(48)50-38(2,3)4/h7,10-15,23-24,30-31H,8-9,16-22,25-26H2,1-6H3,(H,40,41)/t30-/m1/s1. The first kappa shape index (κ1) is 35.3. The zero-order valence-electron chi connectivity index (χ0n) is 30.4. The lowest BCUT2D eigenvalue weighted by Gasteiger charge is -2.39. The average molecular weight is 685 g/mol. The minimum absolute atomic E-state index is 0.0841. The summed E-state index contributed by atoms with van der Waals surface area (Å²) >= 11 is 0. The number of benzene rings is 2. The zero-order valence-corrected chi connectivity index (χ0v) is 30.4. The molecule has 11 heteroatoms. The zero-order chi connectivity index (χ0) is 35.6. The number of anilines is 1. The molecule has 0 bridgehead atoms. The molecule has 268 valence electrons. The van der Waals surface area contributed by atoms with Crippen molar-refractivity contribution in [2.24, 2.45) is 5.92 Å². The van der Waals surface area contributed by atoms with Gasteiger partial charge in [0.2, 0.25) is 5.91 Å². The number of carbonyl (C=O) groups excluding carboxylic acids is 3. The summed E-state index contributed by atoms with van der Waals surface area (Å²) in [6.07, 6.45) is 5.41. The molecule has 1 N–H and O–H groups in total. The molecular formula is C39H52N6O5. The van der Waals surface area contributed by atoms with Gasteiger partial charge in [0.1, 0.15) is 11.4 Å². The first-order valence-electron chi connectivity index (χ1n) is 18.0. The summed E-state index contributed by atoms with van der Waals surface area (Å²) in [5.74, 6) is 0.633. The molecule has 2 aromatic carbocycles. The second-order valence-corrected chi connectivity index (χ2v) is 15.5. The molecule has 2 aliphatic heterocycles. The molecule has 0 unspecified atom stereocenters. The number of nitrogens with zero attached hydrogens (tertiary/aromatic N) is 5. The Morgan fingerprint density at radius 2 is 1.62 bits per heavy atom. The highest BCUT2D eigenvalue weighted by Crippen LogP contribution is 2.34. The lowest BCUT2D eigenvalue weighted by atomic mass is 9.95. The van der Waals surface area contributed by atoms with Crippen molar-refractivity contribution < 1.29 is 23.9 Å². The molecule has 1 aliphatic carbocycles. The van der Waals surface area contributed by atoms with Gasteiger partial charge in [-0.2, -0.15) is 5.10 Å². The molecule has 11 nitrogen and oxygen atoms in total. The van der Waals surface area contributed by atoms with Gasteiger partial charge >= 0.3 is 6.09 Å². The van der Waals surface area contributed by atoms with Gasteiger partial charge in [-0.25, -0.2) is 4.79 Å². The van der Waals surface area contributed by atoms with E-state index in [2.05, 4.69) is 44.3 Å². The van der Waals surface area contributed by atoms with Crippen LogP contribution in [0.2, 0.25) is 0 Å². The fourth-order valence-corrected chi connectivity index (χ4v) is 6.93. The highest BCUT2D eigenvalue weighted by atomic mass is 16.6. The fourth-order valence-electron chi connectivity index (χ4n) is 6.93. The van der Waals surface area contributed by atoms with Crippen molar-refractivity contribution in [2.75, 3.05) is 44.2 Å². The predicted molar refractivity (Wildman–Crippen MR) is 193 cm³/mol. The van der Waals surface area contributed by atoms with Gasteiger partial charge in [-0.3, -0.25) is 14.7 Å². The normalized spacial score (nSPS) is 18.5. The molecule has 1 atom stereocenters. The lowest BCUT2D eigenvalue weighted by Crippen LogP contribution is -2.57. The highest BCUT2D eigenvalue weighted by Gasteiger charge is 2.39. The average Bonchev–Trinajstić information content (AvgIpc) is 3.85. The van der Waals surface area contributed by atoms with Crippen LogP contribution in [-0.2, 0) is 20.9 Å². The number of nitrogens with one attached hydrogen (secondary N) is 1. The SMILES string of the molecule is Cc1[nH]ncc1-c1ccc(CN(C(=O)[C@@H]2CCCN(c3cccc(OC(C)(C)C(=O)N4CCN(C(=O)OC(C)(C)C)CC4)c3)C2)C2CC2)cc1. The van der Waals surface area contributed by atoms with Gasteiger partial charge < -0.3 is 29.1 Å². The number of hydrogen-bond donors (Lipinski definition) is 1. The number of H-pyrrole nitrogens is 1. The van der Waals surface area contributed by atoms with Crippen molar-refractivity contribution in [3.8, 4) is 16.9 Å². The Morgan fingerprint density at radius 1 is 0.920 bits per heavy atom. The van der Waals surface area contributed by atoms with Gasteiger partial charge in [-0.15, -0.1) is 0 Å². The highest BCUT2D eigenvalue weighted by molar-refractivity contribution is 5.85. The molecule has 0 radical (unpaired) electrons. The Kier molecular flexibility index (Phi) is 10.1. The Bertz CT molecular complexity index is 1670. The number of piperazine rings is 1. The molecular weight excluding hydrogens is 632 g/mol. The molecule has 1 saturated carbocycles. The summed E-state index contributed by atoms with van der Waals surface area (Å²) in [5, 5.41) is 7.14. The van der Waals surface area contributed by atoms with Gasteiger partial charge in [0, 0.05) is 74.9 Å². The fraction of sp³-hybridized carbons (Fsp3) is 0.538. The number of hydrogen-bond acceptors (Lipinski definition) is 7. The number of aryl methyl sites for hydroxylation is 1. The molecule has 3 fully saturated rings. The molecule has 50 heavy (non-hydrogen) atoms. The second-order valence-electron chi connectivity index (χ2n) is 15.5. The van der Waals surface area contributed by atoms with Crippen LogP contribution in [0.5, 0.6) is 5.75 Å². The minimum Gasteiger partial charge on any atom is -0.478 e. The first-order valence-corrected chi connectivity index (χ1v) is 18.0. The van der Waals surface area contributed by atoms with Crippen LogP contribution < -0.4 is 9.64 Å². The van der Waals surface area contributed by atoms with Crippen molar-refractivity contribution in [3.63, 3.8) is 0 Å². The van der Waals surface area contributed by atoms with Crippen LogP contribution in [-0.4, -0.2) is 99.3 Å². The molecule has 3 heterocycles. The Labute approximate surface area is 295 Å². The monoisotopic (exact) mass is 684 g/mol. The van der Waals surface area contributed by atoms with E-state index in [1.165, 1.54) is 0 Å². The van der Waals surface area contributed by atoms with Gasteiger partial charge in [0.25, 0.3) is 5.91 Å². The Hall–Kier alpha value is -4.54. The van der Waals surface area contributed by atoms with E-state index in [4.69, 9.17) is 9.47 Å². The van der Waals surface area contributed by atoms with Crippen LogP contribution in [0.15, 0.2) is 54.7 Å². The number of amides is 3. The third-order valence-corrected chi connectivity index (χ3v) is 9.78. The summed E-state index contributed by atoms with van der Waals surface area (Å²) in [5.41, 5.74) is 3.69. The third-order valence-electron chi connectivity index (χ3n) is 9.78. The molecule has 2 saturated heterocycles. The maximum absolute atomic E-state index is 14.0. The van der Waals surface area contributed by atoms with E-state index in [0.29, 0.717) is 51.1 Å². The van der Waals surface area contributed by atoms with E-state index >= 15 is 0 Å². The number of aromatic nitrogens is 2. The van der Waals surface area contributed by atoms with Crippen molar-refractivity contribution >= 4 is 23.6 Å². The van der Waals surface area contributed by atoms with E-state index in [9.17, 15) is 14.4 Å². The van der Waals surface area contributed by atoms with Gasteiger partial charge in [-0.1, -0.05) is 30.3 Å². The van der Waals surface area contributed by atoms with Crippen LogP contribution in [0.4, 0.5) is 10.5 Å². The minimum atomic E-state index is -1.10.